The van der Waals surface area contributed by atoms with E-state index in [0.29, 0.717) is 24.2 Å². The van der Waals surface area contributed by atoms with Crippen molar-refractivity contribution in [3.8, 4) is 0 Å². The van der Waals surface area contributed by atoms with Gasteiger partial charge in [-0.05, 0) is 62.7 Å². The lowest BCUT2D eigenvalue weighted by Crippen LogP contribution is -2.56. The van der Waals surface area contributed by atoms with Crippen molar-refractivity contribution < 1.29 is 14.7 Å². The normalized spacial score (nSPS) is 38.2. The average molecular weight is 293 g/mol. The molecule has 1 unspecified atom stereocenters. The molecule has 0 heterocycles. The van der Waals surface area contributed by atoms with E-state index in [4.69, 9.17) is 0 Å². The minimum Gasteiger partial charge on any atom is -0.480 e. The summed E-state index contributed by atoms with van der Waals surface area (Å²) in [7, 11) is 0. The SMILES string of the molecule is CCCCC(NC(=O)C12CC3CC(CC(C3)C1)C2)C(=O)O. The highest BCUT2D eigenvalue weighted by Crippen LogP contribution is 2.60. The number of nitrogens with one attached hydrogen (secondary N) is 1. The van der Waals surface area contributed by atoms with E-state index in [1.54, 1.807) is 0 Å². The Labute approximate surface area is 126 Å². The molecule has 0 aromatic heterocycles. The Hall–Kier alpha value is -1.06. The fourth-order valence-corrected chi connectivity index (χ4v) is 5.37. The quantitative estimate of drug-likeness (QED) is 0.791. The van der Waals surface area contributed by atoms with Crippen LogP contribution in [0.3, 0.4) is 0 Å². The fraction of sp³-hybridized carbons (Fsp3) is 0.882. The first-order chi connectivity index (χ1) is 10.0. The molecule has 2 N–H and O–H groups in total. The third-order valence-corrected chi connectivity index (χ3v) is 5.97. The van der Waals surface area contributed by atoms with Gasteiger partial charge in [-0.15, -0.1) is 0 Å². The van der Waals surface area contributed by atoms with Gasteiger partial charge in [-0.2, -0.15) is 0 Å². The number of carbonyl (C=O) groups is 2. The zero-order valence-electron chi connectivity index (χ0n) is 12.9. The predicted octanol–water partition coefficient (Wildman–Crippen LogP) is 2.96. The monoisotopic (exact) mass is 293 g/mol. The number of unbranched alkanes of at least 4 members (excludes halogenated alkanes) is 1. The van der Waals surface area contributed by atoms with Gasteiger partial charge in [0.15, 0.2) is 0 Å². The summed E-state index contributed by atoms with van der Waals surface area (Å²) in [4.78, 5) is 24.2. The molecular weight excluding hydrogens is 266 g/mol. The van der Waals surface area contributed by atoms with Gasteiger partial charge in [0.05, 0.1) is 0 Å². The molecule has 21 heavy (non-hydrogen) atoms. The van der Waals surface area contributed by atoms with Crippen LogP contribution in [0.1, 0.15) is 64.7 Å². The molecule has 4 heteroatoms. The molecule has 4 fully saturated rings. The maximum absolute atomic E-state index is 12.8. The third kappa shape index (κ3) is 2.82. The Kier molecular flexibility index (Phi) is 3.98. The fourth-order valence-electron chi connectivity index (χ4n) is 5.37. The van der Waals surface area contributed by atoms with E-state index in [9.17, 15) is 14.7 Å². The van der Waals surface area contributed by atoms with Crippen molar-refractivity contribution in [3.63, 3.8) is 0 Å². The third-order valence-electron chi connectivity index (χ3n) is 5.97. The van der Waals surface area contributed by atoms with Crippen molar-refractivity contribution in [1.29, 1.82) is 0 Å². The van der Waals surface area contributed by atoms with E-state index < -0.39 is 12.0 Å². The summed E-state index contributed by atoms with van der Waals surface area (Å²) in [6, 6.07) is -0.703. The maximum Gasteiger partial charge on any atom is 0.326 e. The van der Waals surface area contributed by atoms with Crippen molar-refractivity contribution in [2.45, 2.75) is 70.8 Å². The van der Waals surface area contributed by atoms with E-state index in [1.165, 1.54) is 19.3 Å². The predicted molar refractivity (Wildman–Crippen MR) is 79.7 cm³/mol. The number of carboxylic acid groups (broad SMARTS) is 1. The Morgan fingerprint density at radius 3 is 2.10 bits per heavy atom. The van der Waals surface area contributed by atoms with E-state index in [-0.39, 0.29) is 11.3 Å². The topological polar surface area (TPSA) is 66.4 Å². The summed E-state index contributed by atoms with van der Waals surface area (Å²) in [6.07, 6.45) is 9.21. The smallest absolute Gasteiger partial charge is 0.326 e. The summed E-state index contributed by atoms with van der Waals surface area (Å²) in [5, 5.41) is 12.2. The van der Waals surface area contributed by atoms with Crippen molar-refractivity contribution >= 4 is 11.9 Å². The molecule has 4 nitrogen and oxygen atoms in total. The van der Waals surface area contributed by atoms with Crippen LogP contribution in [0.25, 0.3) is 0 Å². The molecule has 4 aliphatic carbocycles. The summed E-state index contributed by atoms with van der Waals surface area (Å²) in [6.45, 7) is 2.04. The first kappa shape index (κ1) is 14.9. The molecule has 0 spiro atoms. The van der Waals surface area contributed by atoms with Gasteiger partial charge in [0.2, 0.25) is 5.91 Å². The van der Waals surface area contributed by atoms with E-state index in [0.717, 1.165) is 32.1 Å². The van der Waals surface area contributed by atoms with Crippen LogP contribution in [0.2, 0.25) is 0 Å². The summed E-state index contributed by atoms with van der Waals surface area (Å²) < 4.78 is 0. The van der Waals surface area contributed by atoms with Crippen LogP contribution in [0.15, 0.2) is 0 Å². The van der Waals surface area contributed by atoms with E-state index >= 15 is 0 Å². The van der Waals surface area contributed by atoms with E-state index in [1.807, 2.05) is 6.92 Å². The first-order valence-corrected chi connectivity index (χ1v) is 8.56. The maximum atomic E-state index is 12.8. The molecule has 4 bridgehead atoms. The largest absolute Gasteiger partial charge is 0.480 e. The van der Waals surface area contributed by atoms with Gasteiger partial charge >= 0.3 is 5.97 Å². The molecule has 1 amide bonds. The number of hydrogen-bond acceptors (Lipinski definition) is 2. The highest BCUT2D eigenvalue weighted by molar-refractivity contribution is 5.87. The molecule has 4 rings (SSSR count). The molecule has 0 radical (unpaired) electrons. The Bertz CT molecular complexity index is 396. The van der Waals surface area contributed by atoms with Gasteiger partial charge in [0.1, 0.15) is 6.04 Å². The van der Waals surface area contributed by atoms with Gasteiger partial charge < -0.3 is 10.4 Å². The number of rotatable bonds is 6. The minimum atomic E-state index is -0.887. The van der Waals surface area contributed by atoms with Gasteiger partial charge in [0.25, 0.3) is 0 Å². The second-order valence-electron chi connectivity index (χ2n) is 7.70. The molecule has 4 saturated carbocycles. The lowest BCUT2D eigenvalue weighted by atomic mass is 9.49. The van der Waals surface area contributed by atoms with Crippen molar-refractivity contribution in [1.82, 2.24) is 5.32 Å². The summed E-state index contributed by atoms with van der Waals surface area (Å²) in [5.74, 6) is 1.27. The van der Waals surface area contributed by atoms with Gasteiger partial charge in [-0.3, -0.25) is 4.79 Å². The molecular formula is C17H27NO3. The molecule has 0 aromatic carbocycles. The van der Waals surface area contributed by atoms with Crippen LogP contribution in [-0.4, -0.2) is 23.0 Å². The number of aliphatic carboxylic acids is 1. The molecule has 0 saturated heterocycles. The second kappa shape index (κ2) is 5.62. The lowest BCUT2D eigenvalue weighted by Gasteiger charge is -2.55. The van der Waals surface area contributed by atoms with Crippen LogP contribution in [-0.2, 0) is 9.59 Å². The van der Waals surface area contributed by atoms with Crippen molar-refractivity contribution in [2.24, 2.45) is 23.2 Å². The highest BCUT2D eigenvalue weighted by Gasteiger charge is 2.54. The van der Waals surface area contributed by atoms with Gasteiger partial charge in [-0.1, -0.05) is 19.8 Å². The van der Waals surface area contributed by atoms with Gasteiger partial charge in [0, 0.05) is 5.41 Å². The summed E-state index contributed by atoms with van der Waals surface area (Å²) in [5.41, 5.74) is -0.241. The zero-order chi connectivity index (χ0) is 15.0. The minimum absolute atomic E-state index is 0.0325. The van der Waals surface area contributed by atoms with Crippen molar-refractivity contribution in [3.05, 3.63) is 0 Å². The number of carboxylic acids is 1. The van der Waals surface area contributed by atoms with Crippen LogP contribution in [0.4, 0.5) is 0 Å². The van der Waals surface area contributed by atoms with E-state index in [2.05, 4.69) is 5.32 Å². The molecule has 0 aliphatic heterocycles. The Morgan fingerprint density at radius 2 is 1.67 bits per heavy atom. The van der Waals surface area contributed by atoms with Crippen LogP contribution < -0.4 is 5.32 Å². The highest BCUT2D eigenvalue weighted by atomic mass is 16.4. The Balaban J connectivity index is 1.68. The molecule has 4 aliphatic rings. The van der Waals surface area contributed by atoms with Crippen LogP contribution in [0.5, 0.6) is 0 Å². The van der Waals surface area contributed by atoms with Crippen LogP contribution >= 0.6 is 0 Å². The van der Waals surface area contributed by atoms with Crippen LogP contribution in [0, 0.1) is 23.2 Å². The number of carbonyl (C=O) groups excluding carboxylic acids is 1. The average Bonchev–Trinajstić information content (AvgIpc) is 2.41. The molecule has 118 valence electrons. The molecule has 0 aromatic rings. The first-order valence-electron chi connectivity index (χ1n) is 8.56. The zero-order valence-corrected chi connectivity index (χ0v) is 12.9. The number of amides is 1. The Morgan fingerprint density at radius 1 is 1.14 bits per heavy atom. The molecule has 1 atom stereocenters. The standard InChI is InChI=1S/C17H27NO3/c1-2-3-4-14(15(19)20)18-16(21)17-8-11-5-12(9-17)7-13(6-11)10-17/h11-14H,2-10H2,1H3,(H,18,21)(H,19,20). The second-order valence-corrected chi connectivity index (χ2v) is 7.70. The summed E-state index contributed by atoms with van der Waals surface area (Å²) >= 11 is 0. The van der Waals surface area contributed by atoms with Gasteiger partial charge in [-0.25, -0.2) is 4.79 Å². The van der Waals surface area contributed by atoms with Crippen molar-refractivity contribution in [2.75, 3.05) is 0 Å². The lowest BCUT2D eigenvalue weighted by molar-refractivity contribution is -0.151. The number of hydrogen-bond donors (Lipinski definition) is 2.